The van der Waals surface area contributed by atoms with E-state index in [9.17, 15) is 14.4 Å². The largest absolute Gasteiger partial charge is 0.481 e. The molecule has 3 aromatic rings. The highest BCUT2D eigenvalue weighted by atomic mass is 79.9. The molecule has 12 heteroatoms. The van der Waals surface area contributed by atoms with Crippen molar-refractivity contribution in [2.75, 3.05) is 0 Å². The van der Waals surface area contributed by atoms with Crippen LogP contribution in [-0.2, 0) is 17.9 Å². The van der Waals surface area contributed by atoms with Crippen molar-refractivity contribution in [3.05, 3.63) is 43.4 Å². The van der Waals surface area contributed by atoms with Crippen LogP contribution in [0, 0.1) is 0 Å². The second-order valence-electron chi connectivity index (χ2n) is 6.96. The smallest absolute Gasteiger partial charge is 0.318 e. The molecule has 0 spiro atoms. The average Bonchev–Trinajstić information content (AvgIpc) is 3.36. The first-order valence-electron chi connectivity index (χ1n) is 9.22. The van der Waals surface area contributed by atoms with Gasteiger partial charge in [-0.3, -0.25) is 28.2 Å². The fourth-order valence-corrected chi connectivity index (χ4v) is 3.93. The number of carboxylic acid groups (broad SMARTS) is 1. The number of carboxylic acids is 1. The Hall–Kier alpha value is -2.89. The molecule has 4 rings (SSSR count). The lowest BCUT2D eigenvalue weighted by atomic mass is 10.2. The number of hydrogen-bond donors (Lipinski definition) is 1. The number of fused-ring (bicyclic) bond motifs is 1. The van der Waals surface area contributed by atoms with Gasteiger partial charge in [-0.2, -0.15) is 0 Å². The molecule has 11 nitrogen and oxygen atoms in total. The lowest BCUT2D eigenvalue weighted by molar-refractivity contribution is -0.137. The van der Waals surface area contributed by atoms with E-state index in [0.717, 1.165) is 25.7 Å². The van der Waals surface area contributed by atoms with Gasteiger partial charge in [0, 0.05) is 6.04 Å². The van der Waals surface area contributed by atoms with Gasteiger partial charge in [-0.05, 0) is 28.8 Å². The SMILES string of the molecule is O=C(O)CCn1cc(Cn2c(=O)c(=O)n(C3CCCC3)c3nc(Br)cnc32)nn1. The third-order valence-corrected chi connectivity index (χ3v) is 5.37. The maximum atomic E-state index is 12.9. The Morgan fingerprint density at radius 1 is 1.21 bits per heavy atom. The molecule has 3 heterocycles. The number of aryl methyl sites for hydroxylation is 1. The Morgan fingerprint density at radius 3 is 2.69 bits per heavy atom. The first-order valence-corrected chi connectivity index (χ1v) is 10.0. The molecule has 0 atom stereocenters. The molecular formula is C17H18BrN7O4. The Kier molecular flexibility index (Phi) is 5.26. The van der Waals surface area contributed by atoms with Crippen LogP contribution >= 0.6 is 15.9 Å². The van der Waals surface area contributed by atoms with E-state index < -0.39 is 17.1 Å². The summed E-state index contributed by atoms with van der Waals surface area (Å²) in [7, 11) is 0. The van der Waals surface area contributed by atoms with Crippen molar-refractivity contribution in [1.29, 1.82) is 0 Å². The molecule has 0 unspecified atom stereocenters. The van der Waals surface area contributed by atoms with Crippen LogP contribution in [0.25, 0.3) is 11.3 Å². The van der Waals surface area contributed by atoms with Gasteiger partial charge in [-0.15, -0.1) is 5.10 Å². The van der Waals surface area contributed by atoms with Crippen LogP contribution in [0.3, 0.4) is 0 Å². The van der Waals surface area contributed by atoms with E-state index in [4.69, 9.17) is 5.11 Å². The number of carbonyl (C=O) groups is 1. The van der Waals surface area contributed by atoms with Gasteiger partial charge in [0.1, 0.15) is 10.3 Å². The van der Waals surface area contributed by atoms with Crippen molar-refractivity contribution in [1.82, 2.24) is 34.1 Å². The molecule has 1 saturated carbocycles. The lowest BCUT2D eigenvalue weighted by Crippen LogP contribution is -2.43. The van der Waals surface area contributed by atoms with Crippen LogP contribution in [0.4, 0.5) is 0 Å². The average molecular weight is 464 g/mol. The Labute approximate surface area is 172 Å². The molecule has 0 aromatic carbocycles. The van der Waals surface area contributed by atoms with E-state index in [1.807, 2.05) is 0 Å². The number of aliphatic carboxylic acids is 1. The first kappa shape index (κ1) is 19.4. The highest BCUT2D eigenvalue weighted by molar-refractivity contribution is 9.10. The van der Waals surface area contributed by atoms with Crippen LogP contribution in [-0.4, -0.2) is 45.2 Å². The van der Waals surface area contributed by atoms with E-state index in [-0.39, 0.29) is 25.6 Å². The van der Waals surface area contributed by atoms with E-state index in [1.54, 1.807) is 6.20 Å². The predicted molar refractivity (Wildman–Crippen MR) is 105 cm³/mol. The summed E-state index contributed by atoms with van der Waals surface area (Å²) in [5.41, 5.74) is -0.253. The summed E-state index contributed by atoms with van der Waals surface area (Å²) in [5, 5.41) is 16.6. The number of nitrogens with zero attached hydrogens (tertiary/aromatic N) is 7. The van der Waals surface area contributed by atoms with Crippen molar-refractivity contribution in [3.8, 4) is 0 Å². The van der Waals surface area contributed by atoms with Gasteiger partial charge in [0.25, 0.3) is 0 Å². The van der Waals surface area contributed by atoms with Crippen molar-refractivity contribution in [3.63, 3.8) is 0 Å². The van der Waals surface area contributed by atoms with E-state index in [2.05, 4.69) is 36.2 Å². The molecule has 152 valence electrons. The molecule has 0 bridgehead atoms. The molecule has 0 radical (unpaired) electrons. The fraction of sp³-hybridized carbons (Fsp3) is 0.471. The summed E-state index contributed by atoms with van der Waals surface area (Å²) >= 11 is 3.29. The van der Waals surface area contributed by atoms with Crippen LogP contribution in [0.2, 0.25) is 0 Å². The highest BCUT2D eigenvalue weighted by Gasteiger charge is 2.25. The Balaban J connectivity index is 1.78. The maximum Gasteiger partial charge on any atom is 0.318 e. The van der Waals surface area contributed by atoms with Gasteiger partial charge in [-0.1, -0.05) is 18.1 Å². The van der Waals surface area contributed by atoms with Crippen molar-refractivity contribution in [2.45, 2.75) is 51.2 Å². The van der Waals surface area contributed by atoms with Gasteiger partial charge in [-0.25, -0.2) is 9.97 Å². The third-order valence-electron chi connectivity index (χ3n) is 4.99. The third kappa shape index (κ3) is 3.84. The Morgan fingerprint density at radius 2 is 1.97 bits per heavy atom. The van der Waals surface area contributed by atoms with Gasteiger partial charge < -0.3 is 5.11 Å². The number of hydrogen-bond acceptors (Lipinski definition) is 7. The number of aromatic nitrogens is 7. The quantitative estimate of drug-likeness (QED) is 0.533. The summed E-state index contributed by atoms with van der Waals surface area (Å²) in [6.07, 6.45) is 6.59. The summed E-state index contributed by atoms with van der Waals surface area (Å²) in [5.74, 6) is -0.944. The summed E-state index contributed by atoms with van der Waals surface area (Å²) < 4.78 is 4.58. The van der Waals surface area contributed by atoms with Crippen LogP contribution in [0.5, 0.6) is 0 Å². The predicted octanol–water partition coefficient (Wildman–Crippen LogP) is 0.945. The minimum Gasteiger partial charge on any atom is -0.481 e. The standard InChI is InChI=1S/C17H18BrN7O4/c18-12-7-19-14-15(20-12)25(11-3-1-2-4-11)17(29)16(28)24(14)9-10-8-23(22-21-10)6-5-13(26)27/h7-8,11H,1-6,9H2,(H,26,27). The summed E-state index contributed by atoms with van der Waals surface area (Å²) in [6.45, 7) is 0.146. The minimum absolute atomic E-state index is 0.0144. The molecule has 1 N–H and O–H groups in total. The Bertz CT molecular complexity index is 1190. The maximum absolute atomic E-state index is 12.9. The number of rotatable bonds is 6. The molecule has 1 fully saturated rings. The second-order valence-corrected chi connectivity index (χ2v) is 7.77. The summed E-state index contributed by atoms with van der Waals surface area (Å²) in [6, 6.07) is -0.0622. The van der Waals surface area contributed by atoms with Gasteiger partial charge >= 0.3 is 17.1 Å². The second kappa shape index (κ2) is 7.85. The molecule has 0 aliphatic heterocycles. The molecule has 1 aliphatic rings. The minimum atomic E-state index is -0.944. The van der Waals surface area contributed by atoms with Gasteiger partial charge in [0.05, 0.1) is 31.9 Å². The van der Waals surface area contributed by atoms with Gasteiger partial charge in [0.2, 0.25) is 0 Å². The van der Waals surface area contributed by atoms with Crippen LogP contribution < -0.4 is 11.1 Å². The zero-order valence-electron chi connectivity index (χ0n) is 15.4. The topological polar surface area (TPSA) is 138 Å². The highest BCUT2D eigenvalue weighted by Crippen LogP contribution is 2.29. The zero-order valence-corrected chi connectivity index (χ0v) is 16.9. The van der Waals surface area contributed by atoms with Crippen LogP contribution in [0.15, 0.2) is 26.6 Å². The molecule has 29 heavy (non-hydrogen) atoms. The molecular weight excluding hydrogens is 446 g/mol. The van der Waals surface area contributed by atoms with Crippen molar-refractivity contribution in [2.24, 2.45) is 0 Å². The van der Waals surface area contributed by atoms with Crippen LogP contribution in [0.1, 0.15) is 43.8 Å². The molecule has 0 amide bonds. The van der Waals surface area contributed by atoms with Gasteiger partial charge in [0.15, 0.2) is 11.3 Å². The molecule has 3 aromatic heterocycles. The molecule has 0 saturated heterocycles. The zero-order chi connectivity index (χ0) is 20.5. The molecule has 1 aliphatic carbocycles. The normalized spacial score (nSPS) is 14.7. The summed E-state index contributed by atoms with van der Waals surface area (Å²) in [4.78, 5) is 45.3. The lowest BCUT2D eigenvalue weighted by Gasteiger charge is -2.17. The van der Waals surface area contributed by atoms with E-state index in [1.165, 1.54) is 20.0 Å². The first-order chi connectivity index (χ1) is 13.9. The van der Waals surface area contributed by atoms with Crippen molar-refractivity contribution < 1.29 is 9.90 Å². The van der Waals surface area contributed by atoms with E-state index in [0.29, 0.717) is 21.6 Å². The monoisotopic (exact) mass is 463 g/mol. The fourth-order valence-electron chi connectivity index (χ4n) is 3.66. The van der Waals surface area contributed by atoms with E-state index >= 15 is 0 Å². The number of halogens is 1. The van der Waals surface area contributed by atoms with Crippen molar-refractivity contribution >= 4 is 33.2 Å².